The van der Waals surface area contributed by atoms with Crippen LogP contribution >= 0.6 is 0 Å². The SMILES string of the molecule is CNCN1CCC(O)CC1. The van der Waals surface area contributed by atoms with Crippen molar-refractivity contribution in [1.82, 2.24) is 10.2 Å². The highest BCUT2D eigenvalue weighted by Gasteiger charge is 2.15. The second kappa shape index (κ2) is 3.91. The molecule has 3 nitrogen and oxygen atoms in total. The van der Waals surface area contributed by atoms with E-state index in [0.29, 0.717) is 0 Å². The van der Waals surface area contributed by atoms with Gasteiger partial charge in [0.15, 0.2) is 0 Å². The summed E-state index contributed by atoms with van der Waals surface area (Å²) in [6.45, 7) is 3.01. The third-order valence-corrected chi connectivity index (χ3v) is 1.94. The van der Waals surface area contributed by atoms with Crippen LogP contribution in [0.15, 0.2) is 0 Å². The average molecular weight is 144 g/mol. The largest absolute Gasteiger partial charge is 0.393 e. The zero-order valence-corrected chi connectivity index (χ0v) is 6.51. The van der Waals surface area contributed by atoms with Crippen LogP contribution in [0.3, 0.4) is 0 Å². The van der Waals surface area contributed by atoms with E-state index in [-0.39, 0.29) is 6.10 Å². The minimum atomic E-state index is -0.0480. The summed E-state index contributed by atoms with van der Waals surface area (Å²) < 4.78 is 0. The molecule has 0 atom stereocenters. The molecule has 0 unspecified atom stereocenters. The minimum Gasteiger partial charge on any atom is -0.393 e. The van der Waals surface area contributed by atoms with Gasteiger partial charge in [-0.2, -0.15) is 0 Å². The van der Waals surface area contributed by atoms with E-state index in [4.69, 9.17) is 5.11 Å². The quantitative estimate of drug-likeness (QED) is 0.554. The number of aliphatic hydroxyl groups excluding tert-OH is 1. The van der Waals surface area contributed by atoms with E-state index < -0.39 is 0 Å². The fraction of sp³-hybridized carbons (Fsp3) is 1.00. The molecule has 1 aliphatic rings. The standard InChI is InChI=1S/C7H16N2O/c1-8-6-9-4-2-7(10)3-5-9/h7-8,10H,2-6H2,1H3. The molecule has 1 rings (SSSR count). The number of nitrogens with zero attached hydrogens (tertiary/aromatic N) is 1. The molecule has 10 heavy (non-hydrogen) atoms. The van der Waals surface area contributed by atoms with E-state index >= 15 is 0 Å². The van der Waals surface area contributed by atoms with Gasteiger partial charge in [-0.3, -0.25) is 4.90 Å². The number of rotatable bonds is 2. The summed E-state index contributed by atoms with van der Waals surface area (Å²) in [5.74, 6) is 0. The summed E-state index contributed by atoms with van der Waals surface area (Å²) in [5, 5.41) is 12.2. The Bertz CT molecular complexity index is 89.6. The third-order valence-electron chi connectivity index (χ3n) is 1.94. The predicted molar refractivity (Wildman–Crippen MR) is 40.7 cm³/mol. The normalized spacial score (nSPS) is 23.4. The van der Waals surface area contributed by atoms with Crippen LogP contribution in [0.1, 0.15) is 12.8 Å². The fourth-order valence-corrected chi connectivity index (χ4v) is 1.30. The van der Waals surface area contributed by atoms with Crippen LogP contribution in [-0.4, -0.2) is 42.9 Å². The van der Waals surface area contributed by atoms with E-state index in [1.165, 1.54) is 0 Å². The molecule has 1 fully saturated rings. The second-order valence-electron chi connectivity index (χ2n) is 2.86. The molecule has 0 aromatic rings. The van der Waals surface area contributed by atoms with E-state index in [2.05, 4.69) is 10.2 Å². The average Bonchev–Trinajstić information content (AvgIpc) is 1.95. The van der Waals surface area contributed by atoms with Crippen LogP contribution in [0.2, 0.25) is 0 Å². The number of aliphatic hydroxyl groups is 1. The highest BCUT2D eigenvalue weighted by Crippen LogP contribution is 2.07. The summed E-state index contributed by atoms with van der Waals surface area (Å²) in [6, 6.07) is 0. The molecular weight excluding hydrogens is 128 g/mol. The predicted octanol–water partition coefficient (Wildman–Crippen LogP) is -0.380. The zero-order valence-electron chi connectivity index (χ0n) is 6.51. The first kappa shape index (κ1) is 7.98. The molecule has 60 valence electrons. The summed E-state index contributed by atoms with van der Waals surface area (Å²) in [5.41, 5.74) is 0. The summed E-state index contributed by atoms with van der Waals surface area (Å²) in [4.78, 5) is 2.31. The number of nitrogens with one attached hydrogen (secondary N) is 1. The van der Waals surface area contributed by atoms with Gasteiger partial charge in [0.2, 0.25) is 0 Å². The van der Waals surface area contributed by atoms with Gasteiger partial charge in [0, 0.05) is 19.8 Å². The fourth-order valence-electron chi connectivity index (χ4n) is 1.30. The van der Waals surface area contributed by atoms with E-state index in [1.54, 1.807) is 0 Å². The van der Waals surface area contributed by atoms with Gasteiger partial charge in [0.1, 0.15) is 0 Å². The molecule has 0 aromatic carbocycles. The molecule has 0 radical (unpaired) electrons. The highest BCUT2D eigenvalue weighted by molar-refractivity contribution is 4.69. The first-order valence-corrected chi connectivity index (χ1v) is 3.88. The van der Waals surface area contributed by atoms with Gasteiger partial charge in [-0.05, 0) is 19.9 Å². The Morgan fingerprint density at radius 3 is 2.60 bits per heavy atom. The Morgan fingerprint density at radius 2 is 2.10 bits per heavy atom. The van der Waals surface area contributed by atoms with Crippen LogP contribution in [-0.2, 0) is 0 Å². The van der Waals surface area contributed by atoms with Crippen molar-refractivity contribution in [2.45, 2.75) is 18.9 Å². The van der Waals surface area contributed by atoms with Crippen LogP contribution in [0.25, 0.3) is 0 Å². The van der Waals surface area contributed by atoms with E-state index in [0.717, 1.165) is 32.6 Å². The Morgan fingerprint density at radius 1 is 1.50 bits per heavy atom. The molecule has 0 bridgehead atoms. The van der Waals surface area contributed by atoms with Crippen LogP contribution in [0.5, 0.6) is 0 Å². The minimum absolute atomic E-state index is 0.0480. The van der Waals surface area contributed by atoms with Crippen molar-refractivity contribution in [3.05, 3.63) is 0 Å². The molecule has 0 amide bonds. The van der Waals surface area contributed by atoms with Gasteiger partial charge in [-0.15, -0.1) is 0 Å². The Labute approximate surface area is 62.0 Å². The Hall–Kier alpha value is -0.120. The summed E-state index contributed by atoms with van der Waals surface area (Å²) in [6.07, 6.45) is 1.82. The van der Waals surface area contributed by atoms with Crippen LogP contribution in [0, 0.1) is 0 Å². The van der Waals surface area contributed by atoms with E-state index in [1.807, 2.05) is 7.05 Å². The maximum Gasteiger partial charge on any atom is 0.0564 e. The molecule has 0 spiro atoms. The maximum absolute atomic E-state index is 9.15. The lowest BCUT2D eigenvalue weighted by atomic mass is 10.1. The summed E-state index contributed by atoms with van der Waals surface area (Å²) >= 11 is 0. The lowest BCUT2D eigenvalue weighted by Crippen LogP contribution is -2.40. The van der Waals surface area contributed by atoms with Crippen LogP contribution in [0.4, 0.5) is 0 Å². The Balaban J connectivity index is 2.13. The molecule has 1 aliphatic heterocycles. The van der Waals surface area contributed by atoms with Crippen molar-refractivity contribution in [3.8, 4) is 0 Å². The maximum atomic E-state index is 9.15. The number of hydrogen-bond acceptors (Lipinski definition) is 3. The van der Waals surface area contributed by atoms with Crippen molar-refractivity contribution in [2.75, 3.05) is 26.8 Å². The molecular formula is C7H16N2O. The summed E-state index contributed by atoms with van der Waals surface area (Å²) in [7, 11) is 1.95. The molecule has 3 heteroatoms. The van der Waals surface area contributed by atoms with Crippen molar-refractivity contribution >= 4 is 0 Å². The lowest BCUT2D eigenvalue weighted by Gasteiger charge is -2.28. The third kappa shape index (κ3) is 2.25. The van der Waals surface area contributed by atoms with Crippen LogP contribution < -0.4 is 5.32 Å². The van der Waals surface area contributed by atoms with Crippen molar-refractivity contribution in [2.24, 2.45) is 0 Å². The first-order valence-electron chi connectivity index (χ1n) is 3.88. The molecule has 2 N–H and O–H groups in total. The number of likely N-dealkylation sites (tertiary alicyclic amines) is 1. The van der Waals surface area contributed by atoms with Crippen molar-refractivity contribution in [1.29, 1.82) is 0 Å². The van der Waals surface area contributed by atoms with Gasteiger partial charge >= 0.3 is 0 Å². The van der Waals surface area contributed by atoms with Gasteiger partial charge in [0.05, 0.1) is 6.10 Å². The van der Waals surface area contributed by atoms with Crippen molar-refractivity contribution < 1.29 is 5.11 Å². The lowest BCUT2D eigenvalue weighted by molar-refractivity contribution is 0.0799. The highest BCUT2D eigenvalue weighted by atomic mass is 16.3. The van der Waals surface area contributed by atoms with E-state index in [9.17, 15) is 0 Å². The molecule has 1 heterocycles. The molecule has 0 aliphatic carbocycles. The monoisotopic (exact) mass is 144 g/mol. The smallest absolute Gasteiger partial charge is 0.0564 e. The first-order chi connectivity index (χ1) is 4.83. The Kier molecular flexibility index (Phi) is 3.12. The molecule has 1 saturated heterocycles. The molecule has 0 aromatic heterocycles. The number of hydrogen-bond donors (Lipinski definition) is 2. The topological polar surface area (TPSA) is 35.5 Å². The second-order valence-corrected chi connectivity index (χ2v) is 2.86. The van der Waals surface area contributed by atoms with Gasteiger partial charge in [-0.1, -0.05) is 0 Å². The van der Waals surface area contributed by atoms with Gasteiger partial charge in [0.25, 0.3) is 0 Å². The van der Waals surface area contributed by atoms with Crippen molar-refractivity contribution in [3.63, 3.8) is 0 Å². The van der Waals surface area contributed by atoms with Gasteiger partial charge in [-0.25, -0.2) is 0 Å². The van der Waals surface area contributed by atoms with Gasteiger partial charge < -0.3 is 10.4 Å². The molecule has 0 saturated carbocycles. The zero-order chi connectivity index (χ0) is 7.40. The number of piperidine rings is 1.